The molecule has 168 valence electrons. The molecule has 2 fully saturated rings. The fourth-order valence-corrected chi connectivity index (χ4v) is 4.90. The Labute approximate surface area is 188 Å². The van der Waals surface area contributed by atoms with Gasteiger partial charge in [0.05, 0.1) is 25.5 Å². The van der Waals surface area contributed by atoms with Crippen molar-refractivity contribution in [2.24, 2.45) is 0 Å². The minimum absolute atomic E-state index is 0.0145. The Balaban J connectivity index is 1.29. The van der Waals surface area contributed by atoms with Crippen molar-refractivity contribution in [1.82, 2.24) is 35.0 Å². The van der Waals surface area contributed by atoms with E-state index in [0.717, 1.165) is 11.1 Å². The first-order valence-corrected chi connectivity index (χ1v) is 10.9. The highest BCUT2D eigenvalue weighted by molar-refractivity contribution is 6.06. The molecular formula is C22H21N7O4. The summed E-state index contributed by atoms with van der Waals surface area (Å²) in [7, 11) is 0. The summed E-state index contributed by atoms with van der Waals surface area (Å²) >= 11 is 0. The number of aromatic nitrogens is 5. The van der Waals surface area contributed by atoms with Gasteiger partial charge >= 0.3 is 0 Å². The van der Waals surface area contributed by atoms with E-state index >= 15 is 0 Å². The normalized spacial score (nSPS) is 24.9. The highest BCUT2D eigenvalue weighted by Gasteiger charge is 2.40. The van der Waals surface area contributed by atoms with Crippen LogP contribution in [0.4, 0.5) is 0 Å². The molecule has 0 saturated carbocycles. The highest BCUT2D eigenvalue weighted by Crippen LogP contribution is 2.35. The zero-order chi connectivity index (χ0) is 22.5. The lowest BCUT2D eigenvalue weighted by Gasteiger charge is -2.29. The lowest BCUT2D eigenvalue weighted by atomic mass is 10.0. The first-order chi connectivity index (χ1) is 16.1. The van der Waals surface area contributed by atoms with Gasteiger partial charge in [-0.15, -0.1) is 5.10 Å². The fraction of sp³-hybridized carbons (Fsp3) is 0.364. The number of imide groups is 1. The Morgan fingerprint density at radius 2 is 1.85 bits per heavy atom. The van der Waals surface area contributed by atoms with Gasteiger partial charge in [-0.1, -0.05) is 17.3 Å². The molecule has 1 unspecified atom stereocenters. The molecular weight excluding hydrogens is 426 g/mol. The molecule has 0 spiro atoms. The predicted molar refractivity (Wildman–Crippen MR) is 113 cm³/mol. The lowest BCUT2D eigenvalue weighted by molar-refractivity contribution is -0.136. The number of hydrogen-bond acceptors (Lipinski definition) is 7. The van der Waals surface area contributed by atoms with Crippen LogP contribution in [0.2, 0.25) is 0 Å². The van der Waals surface area contributed by atoms with Crippen LogP contribution in [0.3, 0.4) is 0 Å². The van der Waals surface area contributed by atoms with Crippen molar-refractivity contribution in [3.8, 4) is 11.3 Å². The topological polar surface area (TPSA) is 124 Å². The van der Waals surface area contributed by atoms with Crippen molar-refractivity contribution in [1.29, 1.82) is 0 Å². The second kappa shape index (κ2) is 7.62. The Morgan fingerprint density at radius 1 is 1.03 bits per heavy atom. The monoisotopic (exact) mass is 447 g/mol. The third-order valence-electron chi connectivity index (χ3n) is 6.59. The number of benzene rings is 1. The van der Waals surface area contributed by atoms with Crippen molar-refractivity contribution in [2.75, 3.05) is 13.2 Å². The van der Waals surface area contributed by atoms with Crippen LogP contribution in [0.5, 0.6) is 0 Å². The van der Waals surface area contributed by atoms with Crippen molar-refractivity contribution in [2.45, 2.75) is 37.5 Å². The van der Waals surface area contributed by atoms with Crippen LogP contribution in [0.15, 0.2) is 42.9 Å². The van der Waals surface area contributed by atoms with E-state index in [9.17, 15) is 14.4 Å². The average molecular weight is 447 g/mol. The van der Waals surface area contributed by atoms with Crippen LogP contribution in [-0.4, -0.2) is 66.7 Å². The number of hydrogen-bond donors (Lipinski definition) is 1. The van der Waals surface area contributed by atoms with E-state index in [1.54, 1.807) is 21.8 Å². The first-order valence-electron chi connectivity index (χ1n) is 10.9. The summed E-state index contributed by atoms with van der Waals surface area (Å²) in [5.74, 6) is -0.940. The summed E-state index contributed by atoms with van der Waals surface area (Å²) in [6.07, 6.45) is 6.06. The Morgan fingerprint density at radius 3 is 2.64 bits per heavy atom. The lowest BCUT2D eigenvalue weighted by Crippen LogP contribution is -2.52. The number of piperidine rings is 1. The molecule has 6 rings (SSSR count). The van der Waals surface area contributed by atoms with Crippen molar-refractivity contribution >= 4 is 17.7 Å². The highest BCUT2D eigenvalue weighted by atomic mass is 16.5. The summed E-state index contributed by atoms with van der Waals surface area (Å²) < 4.78 is 9.35. The van der Waals surface area contributed by atoms with Gasteiger partial charge < -0.3 is 9.64 Å². The van der Waals surface area contributed by atoms with E-state index in [0.29, 0.717) is 30.9 Å². The largest absolute Gasteiger partial charge is 0.377 e. The van der Waals surface area contributed by atoms with E-state index in [-0.39, 0.29) is 36.9 Å². The number of rotatable bonds is 4. The molecule has 3 aromatic rings. The Bertz CT molecular complexity index is 1250. The molecule has 11 nitrogen and oxygen atoms in total. The van der Waals surface area contributed by atoms with Crippen LogP contribution in [0, 0.1) is 0 Å². The van der Waals surface area contributed by atoms with E-state index in [1.165, 1.54) is 0 Å². The van der Waals surface area contributed by atoms with Crippen LogP contribution in [0.1, 0.15) is 40.8 Å². The standard InChI is InChI=1S/C22H21N7O4/c30-20-6-5-17(21(31)24-20)27-9-15-13(3-1-4-14(15)22(27)32)16-10-29(26-25-16)19-12-33-11-18(19)28-8-2-7-23-28/h1-4,7-8,10,17-19H,5-6,9,11-12H2,(H,24,30,31)/t17?,18-,19+/m0/s1. The third kappa shape index (κ3) is 3.23. The third-order valence-corrected chi connectivity index (χ3v) is 6.59. The summed E-state index contributed by atoms with van der Waals surface area (Å²) in [4.78, 5) is 38.5. The van der Waals surface area contributed by atoms with Gasteiger partial charge in [0, 0.05) is 36.5 Å². The second-order valence-electron chi connectivity index (χ2n) is 8.47. The van der Waals surface area contributed by atoms with E-state index in [4.69, 9.17) is 4.74 Å². The average Bonchev–Trinajstić information content (AvgIpc) is 3.60. The quantitative estimate of drug-likeness (QED) is 0.584. The molecule has 1 aromatic carbocycles. The minimum Gasteiger partial charge on any atom is -0.377 e. The van der Waals surface area contributed by atoms with E-state index in [2.05, 4.69) is 20.7 Å². The molecule has 2 saturated heterocycles. The number of carbonyl (C=O) groups is 3. The SMILES string of the molecule is O=C1CCC(N2Cc3c(cccc3-c3cn([C@@H]4COC[C@@H]4n4cccn4)nn3)C2=O)C(=O)N1. The van der Waals surface area contributed by atoms with Gasteiger partial charge in [0.1, 0.15) is 17.8 Å². The molecule has 2 aromatic heterocycles. The molecule has 3 atom stereocenters. The van der Waals surface area contributed by atoms with Crippen LogP contribution >= 0.6 is 0 Å². The van der Waals surface area contributed by atoms with Gasteiger partial charge in [0.2, 0.25) is 11.8 Å². The van der Waals surface area contributed by atoms with Gasteiger partial charge in [-0.2, -0.15) is 5.10 Å². The molecule has 11 heteroatoms. The van der Waals surface area contributed by atoms with Crippen LogP contribution in [0.25, 0.3) is 11.3 Å². The molecule has 3 amide bonds. The molecule has 0 bridgehead atoms. The Hall–Kier alpha value is -3.86. The molecule has 1 N–H and O–H groups in total. The second-order valence-corrected chi connectivity index (χ2v) is 8.47. The van der Waals surface area contributed by atoms with Crippen LogP contribution < -0.4 is 5.32 Å². The van der Waals surface area contributed by atoms with Gasteiger partial charge in [-0.3, -0.25) is 24.4 Å². The fourth-order valence-electron chi connectivity index (χ4n) is 4.90. The Kier molecular flexibility index (Phi) is 4.57. The minimum atomic E-state index is -0.656. The van der Waals surface area contributed by atoms with Crippen LogP contribution in [-0.2, 0) is 20.9 Å². The molecule has 3 aliphatic heterocycles. The number of amides is 3. The zero-order valence-corrected chi connectivity index (χ0v) is 17.6. The molecule has 3 aliphatic rings. The summed E-state index contributed by atoms with van der Waals surface area (Å²) in [5.41, 5.74) is 2.81. The maximum atomic E-state index is 13.1. The van der Waals surface area contributed by atoms with Gasteiger partial charge in [0.15, 0.2) is 0 Å². The van der Waals surface area contributed by atoms with Crippen molar-refractivity contribution in [3.63, 3.8) is 0 Å². The number of fused-ring (bicyclic) bond motifs is 1. The smallest absolute Gasteiger partial charge is 0.255 e. The number of ether oxygens (including phenoxy) is 1. The molecule has 0 aliphatic carbocycles. The summed E-state index contributed by atoms with van der Waals surface area (Å²) in [6.45, 7) is 1.33. The maximum absolute atomic E-state index is 13.1. The van der Waals surface area contributed by atoms with E-state index in [1.807, 2.05) is 35.3 Å². The number of carbonyl (C=O) groups excluding carboxylic acids is 3. The summed E-state index contributed by atoms with van der Waals surface area (Å²) in [6, 6.07) is 6.66. The van der Waals surface area contributed by atoms with Gasteiger partial charge in [-0.25, -0.2) is 4.68 Å². The van der Waals surface area contributed by atoms with Crippen molar-refractivity contribution in [3.05, 3.63) is 54.0 Å². The first kappa shape index (κ1) is 19.8. The number of nitrogens with zero attached hydrogens (tertiary/aromatic N) is 6. The zero-order valence-electron chi connectivity index (χ0n) is 17.6. The molecule has 33 heavy (non-hydrogen) atoms. The van der Waals surface area contributed by atoms with E-state index < -0.39 is 11.9 Å². The van der Waals surface area contributed by atoms with Gasteiger partial charge in [0.25, 0.3) is 5.91 Å². The van der Waals surface area contributed by atoms with Crippen molar-refractivity contribution < 1.29 is 19.1 Å². The molecule has 0 radical (unpaired) electrons. The number of nitrogens with one attached hydrogen (secondary N) is 1. The maximum Gasteiger partial charge on any atom is 0.255 e. The molecule has 5 heterocycles. The predicted octanol–water partition coefficient (Wildman–Crippen LogP) is 0.715. The van der Waals surface area contributed by atoms with Gasteiger partial charge in [-0.05, 0) is 24.1 Å². The summed E-state index contributed by atoms with van der Waals surface area (Å²) in [5, 5.41) is 15.4.